The summed E-state index contributed by atoms with van der Waals surface area (Å²) in [6.07, 6.45) is 11.0. The molecule has 0 atom stereocenters. The maximum Gasteiger partial charge on any atom is -0.171 e. The molecule has 0 bridgehead atoms. The van der Waals surface area contributed by atoms with Crippen molar-refractivity contribution in [2.75, 3.05) is 38.0 Å². The predicted molar refractivity (Wildman–Crippen MR) is 175 cm³/mol. The van der Waals surface area contributed by atoms with E-state index < -0.39 is 0 Å². The van der Waals surface area contributed by atoms with Gasteiger partial charge in [0.15, 0.2) is 0 Å². The first-order valence-electron chi connectivity index (χ1n) is 12.4. The smallest absolute Gasteiger partial charge is 0.171 e. The van der Waals surface area contributed by atoms with E-state index in [9.17, 15) is 0 Å². The maximum atomic E-state index is 3.53. The first-order valence-corrected chi connectivity index (χ1v) is 16.6. The minimum absolute atomic E-state index is 0. The van der Waals surface area contributed by atoms with Gasteiger partial charge in [-0.1, -0.05) is 17.3 Å². The summed E-state index contributed by atoms with van der Waals surface area (Å²) < 4.78 is 0. The summed E-state index contributed by atoms with van der Waals surface area (Å²) in [5.74, 6) is 0. The van der Waals surface area contributed by atoms with Gasteiger partial charge in [0.05, 0.1) is 0 Å². The van der Waals surface area contributed by atoms with Crippen LogP contribution in [0.4, 0.5) is 11.4 Å². The van der Waals surface area contributed by atoms with Crippen molar-refractivity contribution in [3.05, 3.63) is 145 Å². The van der Waals surface area contributed by atoms with E-state index in [4.69, 9.17) is 0 Å². The number of hydrogen-bond donors (Lipinski definition) is 0. The van der Waals surface area contributed by atoms with Crippen LogP contribution >= 0.6 is 24.8 Å². The van der Waals surface area contributed by atoms with Crippen molar-refractivity contribution >= 4 is 43.1 Å². The summed E-state index contributed by atoms with van der Waals surface area (Å²) in [4.78, 5) is 4.26. The van der Waals surface area contributed by atoms with Crippen LogP contribution in [0.25, 0.3) is 11.1 Å². The molecule has 0 aromatic heterocycles. The molecule has 0 unspecified atom stereocenters. The van der Waals surface area contributed by atoms with Gasteiger partial charge in [-0.3, -0.25) is 6.08 Å². The summed E-state index contributed by atoms with van der Waals surface area (Å²) >= 11 is 1.36. The molecule has 0 saturated carbocycles. The van der Waals surface area contributed by atoms with Crippen LogP contribution < -0.4 is 9.80 Å². The topological polar surface area (TPSA) is 6.48 Å². The number of allylic oxidation sites excluding steroid dienone is 4. The largest absolute Gasteiger partial charge is 0.184 e. The van der Waals surface area contributed by atoms with Crippen LogP contribution in [0.5, 0.6) is 0 Å². The van der Waals surface area contributed by atoms with Crippen LogP contribution in [-0.4, -0.2) is 35.1 Å². The van der Waals surface area contributed by atoms with Gasteiger partial charge in [0.2, 0.25) is 0 Å². The Morgan fingerprint density at radius 1 is 0.725 bits per heavy atom. The first-order chi connectivity index (χ1) is 18.6. The van der Waals surface area contributed by atoms with Gasteiger partial charge in [0, 0.05) is 33.9 Å². The Labute approximate surface area is 271 Å². The van der Waals surface area contributed by atoms with Crippen LogP contribution in [0.2, 0.25) is 0 Å². The van der Waals surface area contributed by atoms with Gasteiger partial charge >= 0.3 is 30.2 Å². The number of hydrogen-bond acceptors (Lipinski definition) is 2. The van der Waals surface area contributed by atoms with Crippen LogP contribution in [-0.2, 0) is 29.8 Å². The predicted octanol–water partition coefficient (Wildman–Crippen LogP) is 7.93. The van der Waals surface area contributed by atoms with Crippen molar-refractivity contribution in [3.63, 3.8) is 0 Å². The first kappa shape index (κ1) is 37.6. The molecule has 2 aliphatic carbocycles. The van der Waals surface area contributed by atoms with Gasteiger partial charge in [-0.25, -0.2) is 12.2 Å². The third-order valence-corrected chi connectivity index (χ3v) is 5.56. The van der Waals surface area contributed by atoms with Gasteiger partial charge < -0.3 is 9.80 Å². The Bertz CT molecular complexity index is 1110. The molecule has 0 N–H and O–H groups in total. The van der Waals surface area contributed by atoms with Crippen LogP contribution in [0.1, 0.15) is 17.5 Å². The molecule has 0 saturated heterocycles. The SMILES string of the molecule is CN(C)c1[c-]c2c(cc1)-c1ccc(N(C)C)cc1C2.Cl.Cl.[C-]1=CC=CC1.[Si]=[Zr].[c-]1ccccc1.[c-]1ccccc1. The number of anilines is 2. The number of halogens is 2. The maximum absolute atomic E-state index is 3.53. The second-order valence-corrected chi connectivity index (χ2v) is 8.70. The van der Waals surface area contributed by atoms with Crippen molar-refractivity contribution in [1.29, 1.82) is 0 Å². The second-order valence-electron chi connectivity index (χ2n) is 8.70. The fourth-order valence-electron chi connectivity index (χ4n) is 3.66. The number of benzene rings is 4. The standard InChI is InChI=1S/C17H19N2.2C6H5.C5H5.2ClH.Si.Zr/c1-18(2)14-5-7-16-12(10-14)9-13-11-15(19(3)4)6-8-17(13)16;2*1-2-4-6-5-3-1;1-2-4-5-3-1;;;;/h5-8,10H,9H2,1-4H3;2*1-5H;1-3H,4H2;2*1H;;/q4*-1;;;;. The number of nitrogens with zero attached hydrogens (tertiary/aromatic N) is 2. The Morgan fingerprint density at radius 3 is 1.68 bits per heavy atom. The summed E-state index contributed by atoms with van der Waals surface area (Å²) in [6, 6.07) is 39.6. The van der Waals surface area contributed by atoms with E-state index in [1.165, 1.54) is 51.3 Å². The summed E-state index contributed by atoms with van der Waals surface area (Å²) in [7, 11) is 8.29. The second kappa shape index (κ2) is 22.3. The van der Waals surface area contributed by atoms with E-state index in [0.29, 0.717) is 0 Å². The molecule has 2 nitrogen and oxygen atoms in total. The fraction of sp³-hybridized carbons (Fsp3) is 0.176. The van der Waals surface area contributed by atoms with E-state index in [-0.39, 0.29) is 24.8 Å². The molecule has 2 radical (unpaired) electrons. The van der Waals surface area contributed by atoms with Crippen molar-refractivity contribution in [1.82, 2.24) is 0 Å². The van der Waals surface area contributed by atoms with E-state index in [0.717, 1.165) is 18.5 Å². The molecule has 6 rings (SSSR count). The molecule has 208 valence electrons. The van der Waals surface area contributed by atoms with Crippen molar-refractivity contribution in [2.24, 2.45) is 0 Å². The van der Waals surface area contributed by atoms with E-state index in [1.54, 1.807) is 0 Å². The minimum Gasteiger partial charge on any atom is -0.184 e. The van der Waals surface area contributed by atoms with Gasteiger partial charge in [-0.05, 0) is 24.1 Å². The monoisotopic (exact) mass is 660 g/mol. The Kier molecular flexibility index (Phi) is 21.0. The zero-order valence-corrected chi connectivity index (χ0v) is 28.6. The zero-order chi connectivity index (χ0) is 27.6. The van der Waals surface area contributed by atoms with Gasteiger partial charge in [-0.15, -0.1) is 48.4 Å². The van der Waals surface area contributed by atoms with Crippen molar-refractivity contribution in [3.8, 4) is 11.1 Å². The summed E-state index contributed by atoms with van der Waals surface area (Å²) in [6.45, 7) is 3.06. The Morgan fingerprint density at radius 2 is 1.30 bits per heavy atom. The quantitative estimate of drug-likeness (QED) is 0.140. The Balaban J connectivity index is 0.000000594. The molecule has 0 fully saturated rings. The van der Waals surface area contributed by atoms with Crippen LogP contribution in [0.3, 0.4) is 0 Å². The van der Waals surface area contributed by atoms with E-state index in [1.807, 2.05) is 72.8 Å². The molecule has 0 heterocycles. The van der Waals surface area contributed by atoms with Crippen molar-refractivity contribution < 1.29 is 23.3 Å². The molecular weight excluding hydrogens is 627 g/mol. The van der Waals surface area contributed by atoms with Gasteiger partial charge in [-0.2, -0.15) is 91.0 Å². The van der Waals surface area contributed by atoms with Gasteiger partial charge in [0.25, 0.3) is 0 Å². The molecule has 6 heteroatoms. The molecule has 0 spiro atoms. The van der Waals surface area contributed by atoms with Crippen molar-refractivity contribution in [2.45, 2.75) is 12.8 Å². The minimum atomic E-state index is 0. The zero-order valence-electron chi connectivity index (χ0n) is 23.5. The average Bonchev–Trinajstić information content (AvgIpc) is 3.68. The molecule has 0 amide bonds. The van der Waals surface area contributed by atoms with E-state index >= 15 is 0 Å². The summed E-state index contributed by atoms with van der Waals surface area (Å²) in [5, 5.41) is 0. The third-order valence-electron chi connectivity index (χ3n) is 5.56. The molecule has 0 aliphatic heterocycles. The van der Waals surface area contributed by atoms with Crippen LogP contribution in [0.15, 0.2) is 109 Å². The molecule has 40 heavy (non-hydrogen) atoms. The number of fused-ring (bicyclic) bond motifs is 3. The third kappa shape index (κ3) is 13.3. The Hall–Kier alpha value is -2.36. The fourth-order valence-corrected chi connectivity index (χ4v) is 3.66. The molecule has 4 aromatic carbocycles. The summed E-state index contributed by atoms with van der Waals surface area (Å²) in [5.41, 5.74) is 7.84. The number of rotatable bonds is 2. The van der Waals surface area contributed by atoms with E-state index in [2.05, 4.69) is 106 Å². The van der Waals surface area contributed by atoms with Gasteiger partial charge in [0.1, 0.15) is 0 Å². The molecule has 4 aromatic rings. The average molecular weight is 663 g/mol. The molecular formula is C34H36Cl2N2SiZr-4. The normalized spacial score (nSPS) is 10.4. The molecule has 2 aliphatic rings. The van der Waals surface area contributed by atoms with Crippen LogP contribution in [0, 0.1) is 24.3 Å².